The van der Waals surface area contributed by atoms with Crippen LogP contribution in [0.1, 0.15) is 45.2 Å². The lowest BCUT2D eigenvalue weighted by molar-refractivity contribution is -0.141. The summed E-state index contributed by atoms with van der Waals surface area (Å²) in [5.74, 6) is 0.218. The quantitative estimate of drug-likeness (QED) is 0.0485. The normalized spacial score (nSPS) is 21.0. The van der Waals surface area contributed by atoms with Crippen molar-refractivity contribution >= 4 is 11.8 Å². The molecule has 0 radical (unpaired) electrons. The molecule has 2 heterocycles. The van der Waals surface area contributed by atoms with Gasteiger partial charge in [0, 0.05) is 24.9 Å². The van der Waals surface area contributed by atoms with Crippen molar-refractivity contribution in [3.8, 4) is 23.0 Å². The van der Waals surface area contributed by atoms with Crippen molar-refractivity contribution in [2.24, 2.45) is 11.8 Å². The van der Waals surface area contributed by atoms with Crippen molar-refractivity contribution in [2.45, 2.75) is 49.1 Å². The fourth-order valence-electron chi connectivity index (χ4n) is 8.75. The van der Waals surface area contributed by atoms with Crippen LogP contribution in [-0.2, 0) is 31.9 Å². The Labute approximate surface area is 397 Å². The summed E-state index contributed by atoms with van der Waals surface area (Å²) >= 11 is 0. The molecule has 352 valence electrons. The first kappa shape index (κ1) is 46.4. The van der Waals surface area contributed by atoms with E-state index in [0.717, 1.165) is 70.9 Å². The van der Waals surface area contributed by atoms with Gasteiger partial charge in [-0.2, -0.15) is 0 Å². The SMILES string of the molecule is O=C(NCC(O)COc1ccc(Cc2ccc(OCC3CO3)cc2)cc1)C1C(c2ccccc2)C(C(=O)NCC(O)COc2ccc(Cc3ccc(OCC4CO4)cc3)cc2)C1c1ccccc1. The summed E-state index contributed by atoms with van der Waals surface area (Å²) in [6.45, 7) is 2.57. The topological polar surface area (TPSA) is 161 Å². The fraction of sp³-hybridized carbons (Fsp3) is 0.321. The van der Waals surface area contributed by atoms with Crippen LogP contribution >= 0.6 is 0 Å². The van der Waals surface area contributed by atoms with Gasteiger partial charge in [-0.05, 0) is 94.8 Å². The van der Waals surface area contributed by atoms with E-state index >= 15 is 0 Å². The van der Waals surface area contributed by atoms with Crippen LogP contribution in [0, 0.1) is 11.8 Å². The Morgan fingerprint density at radius 2 is 0.779 bits per heavy atom. The first-order chi connectivity index (χ1) is 33.3. The van der Waals surface area contributed by atoms with Gasteiger partial charge in [-0.15, -0.1) is 0 Å². The van der Waals surface area contributed by atoms with E-state index in [1.807, 2.05) is 133 Å². The van der Waals surface area contributed by atoms with Crippen molar-refractivity contribution in [3.63, 3.8) is 0 Å². The molecule has 0 spiro atoms. The molecule has 3 aliphatic rings. The lowest BCUT2D eigenvalue weighted by atomic mass is 9.52. The lowest BCUT2D eigenvalue weighted by Crippen LogP contribution is -2.57. The van der Waals surface area contributed by atoms with E-state index in [2.05, 4.69) is 34.9 Å². The van der Waals surface area contributed by atoms with Crippen molar-refractivity contribution < 1.29 is 48.2 Å². The first-order valence-corrected chi connectivity index (χ1v) is 23.4. The summed E-state index contributed by atoms with van der Waals surface area (Å²) in [5, 5.41) is 27.9. The van der Waals surface area contributed by atoms with Crippen molar-refractivity contribution in [2.75, 3.05) is 52.7 Å². The molecule has 2 aliphatic heterocycles. The number of aliphatic hydroxyl groups excluding tert-OH is 2. The second kappa shape index (κ2) is 22.4. The molecule has 9 rings (SSSR count). The number of carbonyl (C=O) groups is 2. The molecule has 6 aromatic carbocycles. The molecule has 3 fully saturated rings. The van der Waals surface area contributed by atoms with Crippen LogP contribution in [-0.4, -0.2) is 99.2 Å². The highest BCUT2D eigenvalue weighted by atomic mass is 16.6. The summed E-state index contributed by atoms with van der Waals surface area (Å²) in [6, 6.07) is 50.7. The van der Waals surface area contributed by atoms with Crippen LogP contribution in [0.3, 0.4) is 0 Å². The Hall–Kier alpha value is -6.70. The molecule has 4 unspecified atom stereocenters. The summed E-state index contributed by atoms with van der Waals surface area (Å²) in [7, 11) is 0. The smallest absolute Gasteiger partial charge is 0.224 e. The van der Waals surface area contributed by atoms with Gasteiger partial charge >= 0.3 is 0 Å². The summed E-state index contributed by atoms with van der Waals surface area (Å²) in [4.78, 5) is 28.4. The number of nitrogens with one attached hydrogen (secondary N) is 2. The maximum Gasteiger partial charge on any atom is 0.224 e. The second-order valence-electron chi connectivity index (χ2n) is 17.8. The van der Waals surface area contributed by atoms with Gasteiger partial charge < -0.3 is 49.3 Å². The van der Waals surface area contributed by atoms with E-state index in [-0.39, 0.29) is 50.3 Å². The first-order valence-electron chi connectivity index (χ1n) is 23.4. The highest BCUT2D eigenvalue weighted by Crippen LogP contribution is 2.57. The van der Waals surface area contributed by atoms with Crippen molar-refractivity contribution in [1.29, 1.82) is 0 Å². The van der Waals surface area contributed by atoms with Gasteiger partial charge in [0.1, 0.15) is 73.8 Å². The van der Waals surface area contributed by atoms with Gasteiger partial charge in [-0.25, -0.2) is 0 Å². The zero-order chi connectivity index (χ0) is 46.7. The monoisotopic (exact) mass is 918 g/mol. The Kier molecular flexibility index (Phi) is 15.3. The van der Waals surface area contributed by atoms with Crippen LogP contribution in [0.2, 0.25) is 0 Å². The third-order valence-electron chi connectivity index (χ3n) is 12.6. The second-order valence-corrected chi connectivity index (χ2v) is 17.8. The van der Waals surface area contributed by atoms with E-state index in [1.54, 1.807) is 0 Å². The third-order valence-corrected chi connectivity index (χ3v) is 12.6. The zero-order valence-electron chi connectivity index (χ0n) is 37.9. The van der Waals surface area contributed by atoms with Crippen LogP contribution < -0.4 is 29.6 Å². The molecular weight excluding hydrogens is 861 g/mol. The molecule has 4 N–H and O–H groups in total. The fourth-order valence-corrected chi connectivity index (χ4v) is 8.75. The van der Waals surface area contributed by atoms with Crippen molar-refractivity contribution in [1.82, 2.24) is 10.6 Å². The summed E-state index contributed by atoms with van der Waals surface area (Å²) < 4.78 is 33.7. The number of epoxide rings is 2. The number of hydrogen-bond donors (Lipinski definition) is 4. The molecule has 12 heteroatoms. The number of benzene rings is 6. The Balaban J connectivity index is 0.756. The van der Waals surface area contributed by atoms with Gasteiger partial charge in [0.15, 0.2) is 0 Å². The number of hydrogen-bond acceptors (Lipinski definition) is 10. The van der Waals surface area contributed by atoms with Crippen LogP contribution in [0.5, 0.6) is 23.0 Å². The highest BCUT2D eigenvalue weighted by Gasteiger charge is 2.58. The minimum Gasteiger partial charge on any atom is -0.491 e. The van der Waals surface area contributed by atoms with E-state index in [1.165, 1.54) is 0 Å². The largest absolute Gasteiger partial charge is 0.491 e. The van der Waals surface area contributed by atoms with E-state index in [9.17, 15) is 19.8 Å². The van der Waals surface area contributed by atoms with Crippen molar-refractivity contribution in [3.05, 3.63) is 191 Å². The molecule has 0 bridgehead atoms. The van der Waals surface area contributed by atoms with Gasteiger partial charge in [-0.3, -0.25) is 9.59 Å². The summed E-state index contributed by atoms with van der Waals surface area (Å²) in [6.07, 6.45) is -0.0317. The molecule has 1 saturated carbocycles. The van der Waals surface area contributed by atoms with Gasteiger partial charge in [0.2, 0.25) is 11.8 Å². The predicted molar refractivity (Wildman–Crippen MR) is 256 cm³/mol. The zero-order valence-corrected chi connectivity index (χ0v) is 37.9. The highest BCUT2D eigenvalue weighted by molar-refractivity contribution is 5.90. The number of ether oxygens (including phenoxy) is 6. The van der Waals surface area contributed by atoms with Crippen LogP contribution in [0.15, 0.2) is 158 Å². The molecule has 2 amide bonds. The van der Waals surface area contributed by atoms with Crippen LogP contribution in [0.4, 0.5) is 0 Å². The molecule has 12 nitrogen and oxygen atoms in total. The van der Waals surface area contributed by atoms with E-state index in [4.69, 9.17) is 28.4 Å². The Bertz CT molecular complexity index is 2330. The van der Waals surface area contributed by atoms with E-state index < -0.39 is 35.9 Å². The number of rotatable bonds is 24. The molecule has 0 aromatic heterocycles. The van der Waals surface area contributed by atoms with Crippen LogP contribution in [0.25, 0.3) is 0 Å². The lowest BCUT2D eigenvalue weighted by Gasteiger charge is -2.51. The molecule has 1 aliphatic carbocycles. The molecule has 68 heavy (non-hydrogen) atoms. The predicted octanol–water partition coefficient (Wildman–Crippen LogP) is 6.65. The minimum absolute atomic E-state index is 0.0207. The Morgan fingerprint density at radius 1 is 0.471 bits per heavy atom. The number of amides is 2. The third kappa shape index (κ3) is 12.8. The van der Waals surface area contributed by atoms with Gasteiger partial charge in [0.25, 0.3) is 0 Å². The summed E-state index contributed by atoms with van der Waals surface area (Å²) in [5.41, 5.74) is 6.25. The maximum absolute atomic E-state index is 14.2. The van der Waals surface area contributed by atoms with Gasteiger partial charge in [0.05, 0.1) is 25.0 Å². The Morgan fingerprint density at radius 3 is 1.09 bits per heavy atom. The number of aliphatic hydroxyl groups is 2. The van der Waals surface area contributed by atoms with E-state index in [0.29, 0.717) is 24.7 Å². The standard InChI is InChI=1S/C56H58N2O10/c59-43(31-63-45-19-11-37(12-20-45)27-39-15-23-47(24-16-39)65-33-49-35-67-49)29-57-55(61)53-51(41-7-3-1-4-8-41)54(52(53)42-9-5-2-6-10-42)56(62)58-30-44(60)32-64-46-21-13-38(14-22-46)28-40-17-25-48(26-18-40)66-34-50-36-68-50/h1-26,43-44,49-54,59-60H,27-36H2,(H,57,61)(H,58,62). The molecule has 6 aromatic rings. The maximum atomic E-state index is 14.2. The van der Waals surface area contributed by atoms with Gasteiger partial charge in [-0.1, -0.05) is 109 Å². The average molecular weight is 919 g/mol. The molecule has 2 saturated heterocycles. The number of carbonyl (C=O) groups excluding carboxylic acids is 2. The average Bonchev–Trinajstić information content (AvgIpc) is 4.32. The molecule has 4 atom stereocenters. The minimum atomic E-state index is -0.978. The molecular formula is C56H58N2O10.